The maximum atomic E-state index is 9.16. The third-order valence-electron chi connectivity index (χ3n) is 3.48. The van der Waals surface area contributed by atoms with Gasteiger partial charge in [-0.15, -0.1) is 0 Å². The summed E-state index contributed by atoms with van der Waals surface area (Å²) in [7, 11) is 0. The molecule has 0 aliphatic heterocycles. The van der Waals surface area contributed by atoms with Crippen LogP contribution in [0.3, 0.4) is 0 Å². The normalized spacial score (nSPS) is 47.1. The molecule has 2 bridgehead atoms. The van der Waals surface area contributed by atoms with Crippen LogP contribution in [0, 0.1) is 23.7 Å². The first-order valence-electron chi connectivity index (χ1n) is 4.66. The Morgan fingerprint density at radius 3 is 2.36 bits per heavy atom. The van der Waals surface area contributed by atoms with E-state index < -0.39 is 0 Å². The van der Waals surface area contributed by atoms with Crippen molar-refractivity contribution in [3.8, 4) is 0 Å². The lowest BCUT2D eigenvalue weighted by molar-refractivity contribution is 0.161. The molecule has 1 nitrogen and oxygen atoms in total. The SMILES string of the molecule is CC[C@H]1C2C=CC(C2)[C@H]1CO. The highest BCUT2D eigenvalue weighted by Gasteiger charge is 2.42. The second-order valence-electron chi connectivity index (χ2n) is 3.87. The molecule has 4 atom stereocenters. The first-order chi connectivity index (χ1) is 5.36. The van der Waals surface area contributed by atoms with E-state index in [1.165, 1.54) is 12.8 Å². The number of aliphatic hydroxyl groups is 1. The van der Waals surface area contributed by atoms with Gasteiger partial charge in [0.05, 0.1) is 0 Å². The van der Waals surface area contributed by atoms with Crippen molar-refractivity contribution in [2.24, 2.45) is 23.7 Å². The van der Waals surface area contributed by atoms with Gasteiger partial charge in [0.25, 0.3) is 0 Å². The van der Waals surface area contributed by atoms with E-state index in [0.717, 1.165) is 11.8 Å². The van der Waals surface area contributed by atoms with E-state index >= 15 is 0 Å². The van der Waals surface area contributed by atoms with Crippen LogP contribution in [0.2, 0.25) is 0 Å². The second-order valence-corrected chi connectivity index (χ2v) is 3.87. The monoisotopic (exact) mass is 152 g/mol. The molecule has 2 rings (SSSR count). The molecule has 11 heavy (non-hydrogen) atoms. The Kier molecular flexibility index (Phi) is 1.76. The minimum atomic E-state index is 0.393. The number of rotatable bonds is 2. The predicted octanol–water partition coefficient (Wildman–Crippen LogP) is 1.83. The van der Waals surface area contributed by atoms with E-state index in [9.17, 15) is 0 Å². The van der Waals surface area contributed by atoms with E-state index in [1.54, 1.807) is 0 Å². The number of hydrogen-bond acceptors (Lipinski definition) is 1. The molecular formula is C10H16O. The summed E-state index contributed by atoms with van der Waals surface area (Å²) in [5, 5.41) is 9.16. The fourth-order valence-corrected chi connectivity index (χ4v) is 2.90. The van der Waals surface area contributed by atoms with Crippen molar-refractivity contribution in [3.63, 3.8) is 0 Å². The van der Waals surface area contributed by atoms with Crippen LogP contribution >= 0.6 is 0 Å². The molecule has 2 aliphatic rings. The van der Waals surface area contributed by atoms with Crippen molar-refractivity contribution in [2.75, 3.05) is 6.61 Å². The van der Waals surface area contributed by atoms with Crippen LogP contribution in [0.5, 0.6) is 0 Å². The molecule has 1 N–H and O–H groups in total. The highest BCUT2D eigenvalue weighted by Crippen LogP contribution is 2.48. The summed E-state index contributed by atoms with van der Waals surface area (Å²) in [5.74, 6) is 2.85. The minimum absolute atomic E-state index is 0.393. The largest absolute Gasteiger partial charge is 0.396 e. The number of aliphatic hydroxyl groups excluding tert-OH is 1. The second kappa shape index (κ2) is 2.63. The first-order valence-corrected chi connectivity index (χ1v) is 4.66. The Morgan fingerprint density at radius 2 is 1.91 bits per heavy atom. The predicted molar refractivity (Wildman–Crippen MR) is 45.1 cm³/mol. The van der Waals surface area contributed by atoms with E-state index in [4.69, 9.17) is 5.11 Å². The number of allylic oxidation sites excluding steroid dienone is 2. The lowest BCUT2D eigenvalue weighted by Gasteiger charge is -2.24. The van der Waals surface area contributed by atoms with Gasteiger partial charge in [-0.2, -0.15) is 0 Å². The van der Waals surface area contributed by atoms with Gasteiger partial charge in [-0.3, -0.25) is 0 Å². The average molecular weight is 152 g/mol. The smallest absolute Gasteiger partial charge is 0.0467 e. The average Bonchev–Trinajstić information content (AvgIpc) is 2.60. The molecule has 0 amide bonds. The quantitative estimate of drug-likeness (QED) is 0.598. The van der Waals surface area contributed by atoms with Crippen molar-refractivity contribution in [1.82, 2.24) is 0 Å². The molecule has 0 aromatic heterocycles. The van der Waals surface area contributed by atoms with Gasteiger partial charge in [0.15, 0.2) is 0 Å². The van der Waals surface area contributed by atoms with Crippen LogP contribution in [0.4, 0.5) is 0 Å². The Balaban J connectivity index is 2.15. The summed E-state index contributed by atoms with van der Waals surface area (Å²) >= 11 is 0. The zero-order valence-electron chi connectivity index (χ0n) is 7.03. The third kappa shape index (κ3) is 0.943. The summed E-state index contributed by atoms with van der Waals surface area (Å²) in [6.07, 6.45) is 7.20. The van der Waals surface area contributed by atoms with E-state index in [0.29, 0.717) is 18.4 Å². The maximum absolute atomic E-state index is 9.16. The van der Waals surface area contributed by atoms with Crippen molar-refractivity contribution >= 4 is 0 Å². The molecule has 0 saturated heterocycles. The minimum Gasteiger partial charge on any atom is -0.396 e. The number of hydrogen-bond donors (Lipinski definition) is 1. The summed E-state index contributed by atoms with van der Waals surface area (Å²) in [6, 6.07) is 0. The summed E-state index contributed by atoms with van der Waals surface area (Å²) in [5.41, 5.74) is 0. The van der Waals surface area contributed by atoms with E-state index in [2.05, 4.69) is 19.1 Å². The van der Waals surface area contributed by atoms with Gasteiger partial charge in [-0.1, -0.05) is 25.5 Å². The van der Waals surface area contributed by atoms with E-state index in [-0.39, 0.29) is 0 Å². The molecule has 1 saturated carbocycles. The summed E-state index contributed by atoms with van der Waals surface area (Å²) in [4.78, 5) is 0. The molecule has 2 unspecified atom stereocenters. The van der Waals surface area contributed by atoms with Gasteiger partial charge in [0.2, 0.25) is 0 Å². The Labute approximate surface area is 68.1 Å². The molecule has 0 spiro atoms. The lowest BCUT2D eigenvalue weighted by atomic mass is 9.82. The van der Waals surface area contributed by atoms with E-state index in [1.807, 2.05) is 0 Å². The molecule has 0 aromatic carbocycles. The fourth-order valence-electron chi connectivity index (χ4n) is 2.90. The lowest BCUT2D eigenvalue weighted by Crippen LogP contribution is -2.21. The topological polar surface area (TPSA) is 20.2 Å². The van der Waals surface area contributed by atoms with Crippen LogP contribution in [0.1, 0.15) is 19.8 Å². The van der Waals surface area contributed by atoms with Gasteiger partial charge in [0.1, 0.15) is 0 Å². The summed E-state index contributed by atoms with van der Waals surface area (Å²) < 4.78 is 0. The Morgan fingerprint density at radius 1 is 1.27 bits per heavy atom. The zero-order valence-corrected chi connectivity index (χ0v) is 7.03. The standard InChI is InChI=1S/C10H16O/c1-2-9-7-3-4-8(5-7)10(9)6-11/h3-4,7-11H,2,5-6H2,1H3/t7?,8?,9-,10+/m0/s1. The van der Waals surface area contributed by atoms with Crippen molar-refractivity contribution < 1.29 is 5.11 Å². The van der Waals surface area contributed by atoms with Crippen LogP contribution in [-0.4, -0.2) is 11.7 Å². The van der Waals surface area contributed by atoms with Gasteiger partial charge in [-0.25, -0.2) is 0 Å². The first kappa shape index (κ1) is 7.35. The third-order valence-corrected chi connectivity index (χ3v) is 3.48. The number of fused-ring (bicyclic) bond motifs is 2. The van der Waals surface area contributed by atoms with Gasteiger partial charge >= 0.3 is 0 Å². The fraction of sp³-hybridized carbons (Fsp3) is 0.800. The Hall–Kier alpha value is -0.300. The maximum Gasteiger partial charge on any atom is 0.0467 e. The molecule has 2 aliphatic carbocycles. The zero-order chi connectivity index (χ0) is 7.84. The molecule has 0 aromatic rings. The van der Waals surface area contributed by atoms with Crippen molar-refractivity contribution in [1.29, 1.82) is 0 Å². The molecular weight excluding hydrogens is 136 g/mol. The van der Waals surface area contributed by atoms with Crippen molar-refractivity contribution in [2.45, 2.75) is 19.8 Å². The van der Waals surface area contributed by atoms with Crippen molar-refractivity contribution in [3.05, 3.63) is 12.2 Å². The van der Waals surface area contributed by atoms with Crippen LogP contribution < -0.4 is 0 Å². The Bertz CT molecular complexity index is 156. The van der Waals surface area contributed by atoms with Crippen LogP contribution in [0.15, 0.2) is 12.2 Å². The molecule has 1 heteroatoms. The highest BCUT2D eigenvalue weighted by molar-refractivity contribution is 5.13. The molecule has 0 radical (unpaired) electrons. The van der Waals surface area contributed by atoms with Crippen LogP contribution in [-0.2, 0) is 0 Å². The molecule has 0 heterocycles. The highest BCUT2D eigenvalue weighted by atomic mass is 16.3. The molecule has 1 fully saturated rings. The van der Waals surface area contributed by atoms with Gasteiger partial charge in [0, 0.05) is 6.61 Å². The van der Waals surface area contributed by atoms with Crippen LogP contribution in [0.25, 0.3) is 0 Å². The van der Waals surface area contributed by atoms with Gasteiger partial charge < -0.3 is 5.11 Å². The summed E-state index contributed by atoms with van der Waals surface area (Å²) in [6.45, 7) is 2.63. The van der Waals surface area contributed by atoms with Gasteiger partial charge in [-0.05, 0) is 30.1 Å². The molecule has 62 valence electrons.